The summed E-state index contributed by atoms with van der Waals surface area (Å²) in [6.45, 7) is 5.63. The van der Waals surface area contributed by atoms with Crippen molar-refractivity contribution in [2.75, 3.05) is 7.05 Å². The van der Waals surface area contributed by atoms with E-state index in [0.29, 0.717) is 12.3 Å². The number of aromatic nitrogens is 2. The second-order valence-electron chi connectivity index (χ2n) is 9.84. The smallest absolute Gasteiger partial charge is 0.410 e. The topological polar surface area (TPSA) is 108 Å². The van der Waals surface area contributed by atoms with Crippen molar-refractivity contribution in [1.29, 1.82) is 0 Å². The van der Waals surface area contributed by atoms with Crippen LogP contribution in [-0.2, 0) is 16.0 Å². The zero-order chi connectivity index (χ0) is 23.0. The van der Waals surface area contributed by atoms with Crippen LogP contribution in [0.15, 0.2) is 6.33 Å². The summed E-state index contributed by atoms with van der Waals surface area (Å²) in [5, 5.41) is 0.948. The summed E-state index contributed by atoms with van der Waals surface area (Å²) in [4.78, 5) is 36.7. The number of carbonyl (C=O) groups is 2. The van der Waals surface area contributed by atoms with Gasteiger partial charge in [-0.1, -0.05) is 0 Å². The quantitative estimate of drug-likeness (QED) is 0.718. The highest BCUT2D eigenvalue weighted by molar-refractivity contribution is 7.19. The SMILES string of the molecule is CN(C(=O)OC(C)(C)C)C1CCC(Oc2ncnc3sc4c(c23)C(CC(N)=O)CC4)CC1. The molecule has 1 atom stereocenters. The third-order valence-electron chi connectivity index (χ3n) is 6.29. The number of primary amides is 1. The lowest BCUT2D eigenvalue weighted by molar-refractivity contribution is -0.118. The standard InChI is InChI=1S/C23H32N4O4S/c1-23(2,3)31-22(29)27(4)14-6-8-15(9-7-14)30-20-19-18-13(11-17(24)28)5-10-16(18)32-21(19)26-12-25-20/h12-15H,5-11H2,1-4H3,(H2,24,28). The Hall–Kier alpha value is -2.42. The number of nitrogens with zero attached hydrogens (tertiary/aromatic N) is 3. The van der Waals surface area contributed by atoms with Gasteiger partial charge in [0, 0.05) is 24.4 Å². The van der Waals surface area contributed by atoms with Crippen molar-refractivity contribution in [2.45, 2.75) is 89.4 Å². The fraction of sp³-hybridized carbons (Fsp3) is 0.652. The van der Waals surface area contributed by atoms with Gasteiger partial charge in [-0.05, 0) is 70.8 Å². The number of amides is 2. The molecule has 9 heteroatoms. The van der Waals surface area contributed by atoms with Crippen LogP contribution in [0.2, 0.25) is 0 Å². The van der Waals surface area contributed by atoms with Crippen LogP contribution < -0.4 is 10.5 Å². The monoisotopic (exact) mass is 460 g/mol. The maximum absolute atomic E-state index is 12.4. The lowest BCUT2D eigenvalue weighted by Crippen LogP contribution is -2.43. The molecule has 32 heavy (non-hydrogen) atoms. The van der Waals surface area contributed by atoms with Crippen molar-refractivity contribution in [2.24, 2.45) is 5.73 Å². The second kappa shape index (κ2) is 8.84. The number of hydrogen-bond donors (Lipinski definition) is 1. The number of carbonyl (C=O) groups excluding carboxylic acids is 2. The molecular formula is C23H32N4O4S. The van der Waals surface area contributed by atoms with E-state index in [4.69, 9.17) is 15.2 Å². The van der Waals surface area contributed by atoms with E-state index in [0.717, 1.165) is 54.3 Å². The number of rotatable bonds is 5. The average Bonchev–Trinajstić information content (AvgIpc) is 3.26. The van der Waals surface area contributed by atoms with Gasteiger partial charge >= 0.3 is 6.09 Å². The largest absolute Gasteiger partial charge is 0.474 e. The van der Waals surface area contributed by atoms with E-state index >= 15 is 0 Å². The van der Waals surface area contributed by atoms with Gasteiger partial charge in [0.2, 0.25) is 11.8 Å². The summed E-state index contributed by atoms with van der Waals surface area (Å²) >= 11 is 1.66. The van der Waals surface area contributed by atoms with E-state index in [1.165, 1.54) is 4.88 Å². The van der Waals surface area contributed by atoms with E-state index < -0.39 is 5.60 Å². The van der Waals surface area contributed by atoms with E-state index in [1.807, 2.05) is 20.8 Å². The van der Waals surface area contributed by atoms with Gasteiger partial charge in [0.25, 0.3) is 0 Å². The molecule has 2 N–H and O–H groups in total. The Morgan fingerprint density at radius 3 is 2.56 bits per heavy atom. The molecule has 1 fully saturated rings. The molecule has 2 heterocycles. The Morgan fingerprint density at radius 2 is 1.91 bits per heavy atom. The van der Waals surface area contributed by atoms with Crippen LogP contribution in [0.4, 0.5) is 4.79 Å². The molecule has 2 amide bonds. The maximum atomic E-state index is 12.4. The number of ether oxygens (including phenoxy) is 2. The van der Waals surface area contributed by atoms with E-state index in [9.17, 15) is 9.59 Å². The summed E-state index contributed by atoms with van der Waals surface area (Å²) in [5.74, 6) is 0.435. The predicted molar refractivity (Wildman–Crippen MR) is 123 cm³/mol. The Labute approximate surface area is 192 Å². The van der Waals surface area contributed by atoms with Gasteiger partial charge in [-0.25, -0.2) is 14.8 Å². The van der Waals surface area contributed by atoms with Crippen LogP contribution in [0.3, 0.4) is 0 Å². The van der Waals surface area contributed by atoms with Gasteiger partial charge in [0.05, 0.1) is 5.39 Å². The first-order valence-corrected chi connectivity index (χ1v) is 12.1. The van der Waals surface area contributed by atoms with Gasteiger partial charge in [0.1, 0.15) is 22.9 Å². The van der Waals surface area contributed by atoms with Crippen molar-refractivity contribution >= 4 is 33.6 Å². The minimum absolute atomic E-state index is 0.0305. The number of thiophene rings is 1. The molecule has 2 aliphatic carbocycles. The summed E-state index contributed by atoms with van der Waals surface area (Å²) in [6, 6.07) is 0.139. The van der Waals surface area contributed by atoms with Crippen molar-refractivity contribution in [1.82, 2.24) is 14.9 Å². The normalized spacial score (nSPS) is 23.1. The van der Waals surface area contributed by atoms with Crippen LogP contribution >= 0.6 is 11.3 Å². The van der Waals surface area contributed by atoms with E-state index in [2.05, 4.69) is 9.97 Å². The summed E-state index contributed by atoms with van der Waals surface area (Å²) in [7, 11) is 1.81. The van der Waals surface area contributed by atoms with Crippen LogP contribution in [0.25, 0.3) is 10.2 Å². The van der Waals surface area contributed by atoms with Crippen LogP contribution in [0, 0.1) is 0 Å². The highest BCUT2D eigenvalue weighted by Crippen LogP contribution is 2.47. The summed E-state index contributed by atoms with van der Waals surface area (Å²) in [6.07, 6.45) is 6.87. The fourth-order valence-corrected chi connectivity index (χ4v) is 6.00. The average molecular weight is 461 g/mol. The molecule has 0 aliphatic heterocycles. The Balaban J connectivity index is 1.44. The number of hydrogen-bond acceptors (Lipinski definition) is 7. The number of aryl methyl sites for hydroxylation is 1. The predicted octanol–water partition coefficient (Wildman–Crippen LogP) is 4.15. The first-order valence-electron chi connectivity index (χ1n) is 11.3. The number of fused-ring (bicyclic) bond motifs is 3. The molecule has 2 aromatic rings. The molecule has 1 saturated carbocycles. The Kier molecular flexibility index (Phi) is 6.29. The van der Waals surface area contributed by atoms with E-state index in [-0.39, 0.29) is 30.1 Å². The fourth-order valence-electron chi connectivity index (χ4n) is 4.77. The van der Waals surface area contributed by atoms with Gasteiger partial charge in [-0.15, -0.1) is 11.3 Å². The molecule has 0 spiro atoms. The van der Waals surface area contributed by atoms with Gasteiger partial charge in [0.15, 0.2) is 0 Å². The third-order valence-corrected chi connectivity index (χ3v) is 7.47. The molecule has 174 valence electrons. The van der Waals surface area contributed by atoms with Crippen molar-refractivity contribution in [3.63, 3.8) is 0 Å². The van der Waals surface area contributed by atoms with Gasteiger partial charge < -0.3 is 20.1 Å². The lowest BCUT2D eigenvalue weighted by Gasteiger charge is -2.35. The zero-order valence-corrected chi connectivity index (χ0v) is 20.0. The number of nitrogens with two attached hydrogens (primary N) is 1. The molecule has 0 saturated heterocycles. The van der Waals surface area contributed by atoms with Crippen LogP contribution in [0.5, 0.6) is 5.88 Å². The van der Waals surface area contributed by atoms with Crippen molar-refractivity contribution in [3.8, 4) is 5.88 Å². The Bertz CT molecular complexity index is 1010. The Morgan fingerprint density at radius 1 is 1.19 bits per heavy atom. The molecule has 2 aliphatic rings. The molecule has 4 rings (SSSR count). The summed E-state index contributed by atoms with van der Waals surface area (Å²) < 4.78 is 11.9. The molecular weight excluding hydrogens is 428 g/mol. The molecule has 2 aromatic heterocycles. The second-order valence-corrected chi connectivity index (χ2v) is 10.9. The summed E-state index contributed by atoms with van der Waals surface area (Å²) in [5.41, 5.74) is 6.14. The molecule has 1 unspecified atom stereocenters. The highest BCUT2D eigenvalue weighted by atomic mass is 32.1. The van der Waals surface area contributed by atoms with Gasteiger partial charge in [-0.3, -0.25) is 4.79 Å². The molecule has 0 bridgehead atoms. The molecule has 8 nitrogen and oxygen atoms in total. The van der Waals surface area contributed by atoms with Crippen molar-refractivity contribution < 1.29 is 19.1 Å². The van der Waals surface area contributed by atoms with Crippen LogP contribution in [0.1, 0.15) is 75.7 Å². The minimum atomic E-state index is -0.503. The molecule has 0 radical (unpaired) electrons. The zero-order valence-electron chi connectivity index (χ0n) is 19.2. The third kappa shape index (κ3) is 4.82. The highest BCUT2D eigenvalue weighted by Gasteiger charge is 2.33. The first kappa shape index (κ1) is 22.8. The van der Waals surface area contributed by atoms with Crippen molar-refractivity contribution in [3.05, 3.63) is 16.8 Å². The molecule has 0 aromatic carbocycles. The van der Waals surface area contributed by atoms with Crippen LogP contribution in [-0.4, -0.2) is 51.7 Å². The van der Waals surface area contributed by atoms with E-state index in [1.54, 1.807) is 29.6 Å². The first-order chi connectivity index (χ1) is 15.1. The minimum Gasteiger partial charge on any atom is -0.474 e. The maximum Gasteiger partial charge on any atom is 0.410 e. The lowest BCUT2D eigenvalue weighted by atomic mass is 9.92. The van der Waals surface area contributed by atoms with Gasteiger partial charge in [-0.2, -0.15) is 0 Å².